The van der Waals surface area contributed by atoms with E-state index in [-0.39, 0.29) is 24.1 Å². The zero-order valence-electron chi connectivity index (χ0n) is 23.0. The van der Waals surface area contributed by atoms with Gasteiger partial charge in [-0.1, -0.05) is 36.4 Å². The molecule has 2 aromatic heterocycles. The Morgan fingerprint density at radius 1 is 0.975 bits per heavy atom. The summed E-state index contributed by atoms with van der Waals surface area (Å²) in [6, 6.07) is 12.7. The van der Waals surface area contributed by atoms with Crippen molar-refractivity contribution in [1.29, 1.82) is 0 Å². The first-order valence-electron chi connectivity index (χ1n) is 14.2. The summed E-state index contributed by atoms with van der Waals surface area (Å²) < 4.78 is 1.82. The monoisotopic (exact) mass is 543 g/mol. The average Bonchev–Trinajstić information content (AvgIpc) is 3.35. The van der Waals surface area contributed by atoms with Crippen LogP contribution in [-0.2, 0) is 33.8 Å². The highest BCUT2D eigenvalue weighted by Gasteiger charge is 2.34. The third-order valence-corrected chi connectivity index (χ3v) is 7.67. The summed E-state index contributed by atoms with van der Waals surface area (Å²) in [6.45, 7) is 3.70. The number of carbonyl (C=O) groups excluding carboxylic acids is 3. The van der Waals surface area contributed by atoms with Gasteiger partial charge in [-0.3, -0.25) is 19.4 Å². The van der Waals surface area contributed by atoms with Crippen molar-refractivity contribution in [1.82, 2.24) is 34.9 Å². The van der Waals surface area contributed by atoms with Crippen molar-refractivity contribution in [2.75, 3.05) is 19.6 Å². The number of piperidine rings is 1. The molecule has 40 heavy (non-hydrogen) atoms. The van der Waals surface area contributed by atoms with Crippen molar-refractivity contribution < 1.29 is 14.4 Å². The minimum Gasteiger partial charge on any atom is -0.344 e. The molecule has 10 heteroatoms. The van der Waals surface area contributed by atoms with Gasteiger partial charge < -0.3 is 15.1 Å². The largest absolute Gasteiger partial charge is 0.344 e. The van der Waals surface area contributed by atoms with Gasteiger partial charge in [0, 0.05) is 38.4 Å². The number of rotatable bonds is 4. The molecule has 10 nitrogen and oxygen atoms in total. The van der Waals surface area contributed by atoms with Crippen LogP contribution in [0, 0.1) is 6.92 Å². The summed E-state index contributed by atoms with van der Waals surface area (Å²) in [6.07, 6.45) is 7.41. The minimum absolute atomic E-state index is 0.0177. The molecule has 1 N–H and O–H groups in total. The van der Waals surface area contributed by atoms with Crippen molar-refractivity contribution in [3.63, 3.8) is 0 Å². The van der Waals surface area contributed by atoms with Crippen LogP contribution in [0.5, 0.6) is 0 Å². The highest BCUT2D eigenvalue weighted by atomic mass is 16.2. The Bertz CT molecular complexity index is 1310. The maximum absolute atomic E-state index is 13.7. The molecule has 1 fully saturated rings. The van der Waals surface area contributed by atoms with Crippen molar-refractivity contribution in [2.45, 2.75) is 70.5 Å². The van der Waals surface area contributed by atoms with E-state index < -0.39 is 12.1 Å². The minimum atomic E-state index is -0.511. The number of aromatic nitrogens is 4. The number of benzene rings is 1. The molecule has 1 aromatic carbocycles. The molecule has 2 aliphatic heterocycles. The Morgan fingerprint density at radius 2 is 1.80 bits per heavy atom. The Morgan fingerprint density at radius 3 is 2.60 bits per heavy atom. The Labute approximate surface area is 234 Å². The molecule has 3 amide bonds. The van der Waals surface area contributed by atoms with Crippen molar-refractivity contribution in [3.05, 3.63) is 77.6 Å². The zero-order chi connectivity index (χ0) is 27.9. The van der Waals surface area contributed by atoms with Gasteiger partial charge >= 0.3 is 0 Å². The fraction of sp³-hybridized carbons (Fsp3) is 0.467. The van der Waals surface area contributed by atoms with E-state index in [2.05, 4.69) is 15.4 Å². The SMILES string of the molecule is Cc1nc2n(n1)CCN(C(=O)Cc1cccnc1)CCCC(=O)N1CCCC[C@H]1C(=O)N[C@@H]2Cc1ccccc1. The van der Waals surface area contributed by atoms with Gasteiger partial charge in [0.05, 0.1) is 19.0 Å². The van der Waals surface area contributed by atoms with Gasteiger partial charge in [0.25, 0.3) is 0 Å². The molecule has 210 valence electrons. The van der Waals surface area contributed by atoms with Gasteiger partial charge in [-0.15, -0.1) is 0 Å². The third kappa shape index (κ3) is 6.73. The number of aryl methyl sites for hydroxylation is 1. The van der Waals surface area contributed by atoms with Crippen LogP contribution in [0.4, 0.5) is 0 Å². The van der Waals surface area contributed by atoms with Crippen LogP contribution in [-0.4, -0.2) is 72.9 Å². The van der Waals surface area contributed by atoms with E-state index in [0.717, 1.165) is 24.0 Å². The molecule has 0 saturated carbocycles. The molecule has 2 atom stereocenters. The quantitative estimate of drug-likeness (QED) is 0.541. The van der Waals surface area contributed by atoms with E-state index in [4.69, 9.17) is 4.98 Å². The maximum atomic E-state index is 13.7. The molecular formula is C30H37N7O3. The number of hydrogen-bond donors (Lipinski definition) is 1. The van der Waals surface area contributed by atoms with E-state index in [1.54, 1.807) is 17.3 Å². The molecule has 5 rings (SSSR count). The first-order chi connectivity index (χ1) is 19.5. The van der Waals surface area contributed by atoms with E-state index >= 15 is 0 Å². The highest BCUT2D eigenvalue weighted by molar-refractivity contribution is 5.88. The molecule has 0 spiro atoms. The summed E-state index contributed by atoms with van der Waals surface area (Å²) in [7, 11) is 0. The summed E-state index contributed by atoms with van der Waals surface area (Å²) in [5, 5.41) is 7.88. The number of fused-ring (bicyclic) bond motifs is 2. The molecule has 4 heterocycles. The second-order valence-corrected chi connectivity index (χ2v) is 10.6. The van der Waals surface area contributed by atoms with Gasteiger partial charge in [0.15, 0.2) is 0 Å². The number of amides is 3. The summed E-state index contributed by atoms with van der Waals surface area (Å²) in [4.78, 5) is 52.8. The van der Waals surface area contributed by atoms with Gasteiger partial charge in [-0.25, -0.2) is 9.67 Å². The lowest BCUT2D eigenvalue weighted by Gasteiger charge is -2.36. The van der Waals surface area contributed by atoms with Crippen LogP contribution < -0.4 is 5.32 Å². The predicted octanol–water partition coefficient (Wildman–Crippen LogP) is 2.63. The number of hydrogen-bond acceptors (Lipinski definition) is 6. The van der Waals surface area contributed by atoms with Crippen molar-refractivity contribution >= 4 is 17.7 Å². The molecule has 3 aromatic rings. The van der Waals surface area contributed by atoms with Crippen LogP contribution in [0.25, 0.3) is 0 Å². The van der Waals surface area contributed by atoms with Gasteiger partial charge in [-0.05, 0) is 56.2 Å². The Kier molecular flexibility index (Phi) is 8.83. The summed E-state index contributed by atoms with van der Waals surface area (Å²) in [5.74, 6) is 1.06. The fourth-order valence-electron chi connectivity index (χ4n) is 5.65. The number of carbonyl (C=O) groups is 3. The second kappa shape index (κ2) is 12.8. The average molecular weight is 544 g/mol. The summed E-state index contributed by atoms with van der Waals surface area (Å²) >= 11 is 0. The molecule has 0 radical (unpaired) electrons. The maximum Gasteiger partial charge on any atom is 0.243 e. The van der Waals surface area contributed by atoms with Crippen LogP contribution in [0.1, 0.15) is 60.9 Å². The van der Waals surface area contributed by atoms with Gasteiger partial charge in [-0.2, -0.15) is 5.10 Å². The van der Waals surface area contributed by atoms with Crippen LogP contribution in [0.15, 0.2) is 54.9 Å². The fourth-order valence-corrected chi connectivity index (χ4v) is 5.65. The number of nitrogens with one attached hydrogen (secondary N) is 1. The lowest BCUT2D eigenvalue weighted by atomic mass is 9.99. The van der Waals surface area contributed by atoms with E-state index in [1.165, 1.54) is 0 Å². The molecule has 0 bridgehead atoms. The first-order valence-corrected chi connectivity index (χ1v) is 14.2. The van der Waals surface area contributed by atoms with Crippen molar-refractivity contribution in [3.8, 4) is 0 Å². The highest BCUT2D eigenvalue weighted by Crippen LogP contribution is 2.23. The lowest BCUT2D eigenvalue weighted by Crippen LogP contribution is -2.53. The Balaban J connectivity index is 1.46. The van der Waals surface area contributed by atoms with Crippen LogP contribution in [0.2, 0.25) is 0 Å². The van der Waals surface area contributed by atoms with E-state index in [1.807, 2.05) is 59.0 Å². The molecular weight excluding hydrogens is 506 g/mol. The normalized spacial score (nSPS) is 20.7. The third-order valence-electron chi connectivity index (χ3n) is 7.67. The standard InChI is InChI=1S/C30H37N7O3/c1-22-32-29-25(19-23-9-3-2-4-10-23)33-30(40)26-12-5-6-16-36(26)27(38)13-8-15-35(17-18-37(29)34-22)28(39)20-24-11-7-14-31-21-24/h2-4,7,9-11,14,21,25-26H,5-6,8,12-13,15-20H2,1H3,(H,33,40)/t25-,26+/m1/s1. The van der Waals surface area contributed by atoms with E-state index in [9.17, 15) is 14.4 Å². The topological polar surface area (TPSA) is 113 Å². The number of pyridine rings is 1. The smallest absolute Gasteiger partial charge is 0.243 e. The predicted molar refractivity (Wildman–Crippen MR) is 149 cm³/mol. The van der Waals surface area contributed by atoms with Crippen LogP contribution >= 0.6 is 0 Å². The van der Waals surface area contributed by atoms with E-state index in [0.29, 0.717) is 63.5 Å². The molecule has 0 unspecified atom stereocenters. The molecule has 0 aliphatic carbocycles. The molecule has 1 saturated heterocycles. The number of nitrogens with zero attached hydrogens (tertiary/aromatic N) is 6. The molecule has 2 aliphatic rings. The van der Waals surface area contributed by atoms with Crippen molar-refractivity contribution in [2.24, 2.45) is 0 Å². The van der Waals surface area contributed by atoms with Crippen LogP contribution in [0.3, 0.4) is 0 Å². The Hall–Kier alpha value is -4.08. The second-order valence-electron chi connectivity index (χ2n) is 10.6. The van der Waals surface area contributed by atoms with Gasteiger partial charge in [0.1, 0.15) is 17.7 Å². The first kappa shape index (κ1) is 27.5. The lowest BCUT2D eigenvalue weighted by molar-refractivity contribution is -0.143. The zero-order valence-corrected chi connectivity index (χ0v) is 23.0. The van der Waals surface area contributed by atoms with Gasteiger partial charge in [0.2, 0.25) is 17.7 Å². The summed E-state index contributed by atoms with van der Waals surface area (Å²) in [5.41, 5.74) is 1.91.